The summed E-state index contributed by atoms with van der Waals surface area (Å²) in [7, 11) is 1.66. The molecule has 5 nitrogen and oxygen atoms in total. The van der Waals surface area contributed by atoms with Gasteiger partial charge in [-0.05, 0) is 45.7 Å². The van der Waals surface area contributed by atoms with Crippen LogP contribution in [0.2, 0.25) is 0 Å². The molecule has 0 spiro atoms. The van der Waals surface area contributed by atoms with Crippen LogP contribution in [0.25, 0.3) is 10.8 Å². The summed E-state index contributed by atoms with van der Waals surface area (Å²) in [5, 5.41) is 11.4. The van der Waals surface area contributed by atoms with Crippen LogP contribution in [0, 0.1) is 0 Å². The van der Waals surface area contributed by atoms with Crippen molar-refractivity contribution in [3.05, 3.63) is 77.4 Å². The molecule has 5 heteroatoms. The van der Waals surface area contributed by atoms with Crippen LogP contribution in [0.1, 0.15) is 22.8 Å². The lowest BCUT2D eigenvalue weighted by atomic mass is 10.0. The molecule has 0 radical (unpaired) electrons. The summed E-state index contributed by atoms with van der Waals surface area (Å²) < 4.78 is 11.3. The molecule has 0 unspecified atom stereocenters. The molecule has 0 aromatic heterocycles. The standard InChI is InChI=1S/C24H25NO4/c1-28-22-9-8-19-13-21(7-6-20(19)14-22)23-15-25(10-11-29-23)24(27)12-17-2-4-18(16-26)5-3-17/h2-9,13-14,23,26H,10-12,15-16H2,1H3/t23-/m0/s1. The van der Waals surface area contributed by atoms with Gasteiger partial charge in [0.05, 0.1) is 33.3 Å². The van der Waals surface area contributed by atoms with E-state index < -0.39 is 0 Å². The number of hydrogen-bond acceptors (Lipinski definition) is 4. The fourth-order valence-electron chi connectivity index (χ4n) is 3.70. The molecule has 3 aromatic carbocycles. The van der Waals surface area contributed by atoms with Crippen LogP contribution in [0.3, 0.4) is 0 Å². The highest BCUT2D eigenvalue weighted by Crippen LogP contribution is 2.28. The summed E-state index contributed by atoms with van der Waals surface area (Å²) in [5.41, 5.74) is 2.88. The van der Waals surface area contributed by atoms with Gasteiger partial charge in [-0.15, -0.1) is 0 Å². The predicted molar refractivity (Wildman–Crippen MR) is 112 cm³/mol. The van der Waals surface area contributed by atoms with Gasteiger partial charge in [0.2, 0.25) is 5.91 Å². The fourth-order valence-corrected chi connectivity index (χ4v) is 3.70. The molecule has 0 bridgehead atoms. The minimum atomic E-state index is -0.129. The quantitative estimate of drug-likeness (QED) is 0.723. The van der Waals surface area contributed by atoms with Crippen molar-refractivity contribution in [2.45, 2.75) is 19.1 Å². The Kier molecular flexibility index (Phi) is 5.79. The van der Waals surface area contributed by atoms with Gasteiger partial charge in [0, 0.05) is 6.54 Å². The molecule has 1 aliphatic heterocycles. The number of aliphatic hydroxyl groups is 1. The maximum absolute atomic E-state index is 12.8. The van der Waals surface area contributed by atoms with Gasteiger partial charge >= 0.3 is 0 Å². The summed E-state index contributed by atoms with van der Waals surface area (Å²) in [6, 6.07) is 19.8. The number of morpholine rings is 1. The second-order valence-corrected chi connectivity index (χ2v) is 7.32. The number of amides is 1. The van der Waals surface area contributed by atoms with Crippen molar-refractivity contribution in [3.8, 4) is 5.75 Å². The Morgan fingerprint density at radius 2 is 1.79 bits per heavy atom. The van der Waals surface area contributed by atoms with Crippen LogP contribution >= 0.6 is 0 Å². The number of methoxy groups -OCH3 is 1. The average Bonchev–Trinajstić information content (AvgIpc) is 2.79. The van der Waals surface area contributed by atoms with Crippen LogP contribution in [0.4, 0.5) is 0 Å². The second-order valence-electron chi connectivity index (χ2n) is 7.32. The monoisotopic (exact) mass is 391 g/mol. The van der Waals surface area contributed by atoms with Gasteiger partial charge in [0.15, 0.2) is 0 Å². The maximum atomic E-state index is 12.8. The molecule has 1 aliphatic rings. The summed E-state index contributed by atoms with van der Waals surface area (Å²) >= 11 is 0. The first kappa shape index (κ1) is 19.4. The molecular formula is C24H25NO4. The Morgan fingerprint density at radius 1 is 1.07 bits per heavy atom. The van der Waals surface area contributed by atoms with Crippen LogP contribution in [0.5, 0.6) is 5.75 Å². The number of ether oxygens (including phenoxy) is 2. The molecule has 150 valence electrons. The van der Waals surface area contributed by atoms with E-state index in [1.54, 1.807) is 7.11 Å². The largest absolute Gasteiger partial charge is 0.497 e. The van der Waals surface area contributed by atoms with Crippen LogP contribution in [-0.2, 0) is 22.6 Å². The van der Waals surface area contributed by atoms with E-state index in [-0.39, 0.29) is 18.6 Å². The summed E-state index contributed by atoms with van der Waals surface area (Å²) in [6.45, 7) is 1.70. The molecule has 1 N–H and O–H groups in total. The minimum Gasteiger partial charge on any atom is -0.497 e. The Bertz CT molecular complexity index is 999. The third-order valence-electron chi connectivity index (χ3n) is 5.42. The summed E-state index contributed by atoms with van der Waals surface area (Å²) in [4.78, 5) is 14.7. The molecule has 4 rings (SSSR count). The molecule has 29 heavy (non-hydrogen) atoms. The summed E-state index contributed by atoms with van der Waals surface area (Å²) in [5.74, 6) is 0.934. The Hall–Kier alpha value is -2.89. The van der Waals surface area contributed by atoms with Gasteiger partial charge in [0.25, 0.3) is 0 Å². The van der Waals surface area contributed by atoms with E-state index in [1.165, 1.54) is 0 Å². The van der Waals surface area contributed by atoms with E-state index in [0.29, 0.717) is 26.1 Å². The number of nitrogens with zero attached hydrogens (tertiary/aromatic N) is 1. The number of carbonyl (C=O) groups excluding carboxylic acids is 1. The lowest BCUT2D eigenvalue weighted by Crippen LogP contribution is -2.43. The first-order valence-corrected chi connectivity index (χ1v) is 9.82. The fraction of sp³-hybridized carbons (Fsp3) is 0.292. The normalized spacial score (nSPS) is 16.8. The molecule has 1 fully saturated rings. The number of carbonyl (C=O) groups is 1. The van der Waals surface area contributed by atoms with Gasteiger partial charge in [0.1, 0.15) is 11.9 Å². The summed E-state index contributed by atoms with van der Waals surface area (Å²) in [6.07, 6.45) is 0.228. The van der Waals surface area contributed by atoms with Crippen molar-refractivity contribution in [2.75, 3.05) is 26.8 Å². The zero-order chi connectivity index (χ0) is 20.2. The van der Waals surface area contributed by atoms with Gasteiger partial charge in [-0.25, -0.2) is 0 Å². The van der Waals surface area contributed by atoms with E-state index >= 15 is 0 Å². The van der Waals surface area contributed by atoms with E-state index in [4.69, 9.17) is 14.6 Å². The van der Waals surface area contributed by atoms with Crippen molar-refractivity contribution in [2.24, 2.45) is 0 Å². The average molecular weight is 391 g/mol. The van der Waals surface area contributed by atoms with Crippen molar-refractivity contribution >= 4 is 16.7 Å². The molecular weight excluding hydrogens is 366 g/mol. The van der Waals surface area contributed by atoms with Crippen molar-refractivity contribution in [1.82, 2.24) is 4.90 Å². The van der Waals surface area contributed by atoms with Crippen molar-refractivity contribution < 1.29 is 19.4 Å². The number of aliphatic hydroxyl groups excluding tert-OH is 1. The molecule has 0 saturated carbocycles. The topological polar surface area (TPSA) is 59.0 Å². The van der Waals surface area contributed by atoms with Gasteiger partial charge in [-0.1, -0.05) is 42.5 Å². The highest BCUT2D eigenvalue weighted by atomic mass is 16.5. The number of hydrogen-bond donors (Lipinski definition) is 1. The number of benzene rings is 3. The number of rotatable bonds is 5. The van der Waals surface area contributed by atoms with Crippen LogP contribution in [0.15, 0.2) is 60.7 Å². The predicted octanol–water partition coefficient (Wildman–Crippen LogP) is 3.48. The Balaban J connectivity index is 1.45. The van der Waals surface area contributed by atoms with E-state index in [9.17, 15) is 4.79 Å². The number of fused-ring (bicyclic) bond motifs is 1. The first-order chi connectivity index (χ1) is 14.2. The highest BCUT2D eigenvalue weighted by Gasteiger charge is 2.25. The zero-order valence-corrected chi connectivity index (χ0v) is 16.5. The molecule has 3 aromatic rings. The third-order valence-corrected chi connectivity index (χ3v) is 5.42. The van der Waals surface area contributed by atoms with Gasteiger partial charge in [-0.2, -0.15) is 0 Å². The molecule has 1 atom stereocenters. The molecule has 1 amide bonds. The highest BCUT2D eigenvalue weighted by molar-refractivity contribution is 5.84. The maximum Gasteiger partial charge on any atom is 0.227 e. The lowest BCUT2D eigenvalue weighted by molar-refractivity contribution is -0.138. The molecule has 1 heterocycles. The Morgan fingerprint density at radius 3 is 2.55 bits per heavy atom. The van der Waals surface area contributed by atoms with Gasteiger partial charge in [-0.3, -0.25) is 4.79 Å². The van der Waals surface area contributed by atoms with E-state index in [2.05, 4.69) is 18.2 Å². The minimum absolute atomic E-state index is 0.0118. The molecule has 0 aliphatic carbocycles. The SMILES string of the molecule is COc1ccc2cc([C@@H]3CN(C(=O)Cc4ccc(CO)cc4)CCO3)ccc2c1. The smallest absolute Gasteiger partial charge is 0.227 e. The van der Waals surface area contributed by atoms with E-state index in [1.807, 2.05) is 47.4 Å². The van der Waals surface area contributed by atoms with Gasteiger partial charge < -0.3 is 19.5 Å². The molecule has 1 saturated heterocycles. The van der Waals surface area contributed by atoms with Crippen LogP contribution < -0.4 is 4.74 Å². The zero-order valence-electron chi connectivity index (χ0n) is 16.5. The lowest BCUT2D eigenvalue weighted by Gasteiger charge is -2.33. The van der Waals surface area contributed by atoms with Crippen LogP contribution in [-0.4, -0.2) is 42.7 Å². The van der Waals surface area contributed by atoms with Crippen molar-refractivity contribution in [1.29, 1.82) is 0 Å². The van der Waals surface area contributed by atoms with E-state index in [0.717, 1.165) is 33.2 Å². The van der Waals surface area contributed by atoms with Crippen molar-refractivity contribution in [3.63, 3.8) is 0 Å². The first-order valence-electron chi connectivity index (χ1n) is 9.82. The third kappa shape index (κ3) is 4.42. The second kappa shape index (κ2) is 8.64. The Labute approximate surface area is 170 Å².